The summed E-state index contributed by atoms with van der Waals surface area (Å²) in [5.41, 5.74) is 8.46. The lowest BCUT2D eigenvalue weighted by atomic mass is 10.1. The highest BCUT2D eigenvalue weighted by atomic mass is 29.8. The Morgan fingerprint density at radius 1 is 0.556 bits per heavy atom. The summed E-state index contributed by atoms with van der Waals surface area (Å²) in [5.74, 6) is -0.609. The van der Waals surface area contributed by atoms with E-state index in [0.29, 0.717) is 11.1 Å². The van der Waals surface area contributed by atoms with E-state index in [9.17, 15) is 9.59 Å². The summed E-state index contributed by atoms with van der Waals surface area (Å²) in [6, 6.07) is 15.3. The van der Waals surface area contributed by atoms with E-state index in [4.69, 9.17) is 9.47 Å². The standard InChI is InChI=1S/C28H42O4Si4/c1-31-27(29)25-15-11-23(12-16-25)19-21-33(3,4)35(7,8)36(9,10)34(5,6)22-20-24-13-17-26(18-14-24)28(30)32-2/h11-22H,1-10H3/b21-19+,22-20+. The van der Waals surface area contributed by atoms with Crippen molar-refractivity contribution < 1.29 is 19.1 Å². The first-order valence-corrected chi connectivity index (χ1v) is 27.5. The molecule has 0 aliphatic carbocycles. The predicted octanol–water partition coefficient (Wildman–Crippen LogP) is 7.13. The van der Waals surface area contributed by atoms with Crippen LogP contribution in [0.3, 0.4) is 0 Å². The van der Waals surface area contributed by atoms with Crippen LogP contribution in [0.5, 0.6) is 0 Å². The SMILES string of the molecule is COC(=O)c1ccc(/C=C/[Si](C)(C)[Si](C)(C)[Si](C)(C)[Si](C)(C)/C=C/c2ccc(C(=O)OC)cc2)cc1. The average molecular weight is 555 g/mol. The van der Waals surface area contributed by atoms with Crippen molar-refractivity contribution in [1.29, 1.82) is 0 Å². The van der Waals surface area contributed by atoms with E-state index in [-0.39, 0.29) is 11.9 Å². The summed E-state index contributed by atoms with van der Waals surface area (Å²) in [6.45, 7) is 20.7. The third kappa shape index (κ3) is 6.34. The summed E-state index contributed by atoms with van der Waals surface area (Å²) in [4.78, 5) is 23.5. The lowest BCUT2D eigenvalue weighted by Crippen LogP contribution is -2.78. The van der Waals surface area contributed by atoms with E-state index in [2.05, 4.69) is 75.9 Å². The van der Waals surface area contributed by atoms with Crippen molar-refractivity contribution in [3.8, 4) is 0 Å². The number of carbonyl (C=O) groups is 2. The number of ether oxygens (including phenoxy) is 2. The first-order valence-electron chi connectivity index (χ1n) is 12.3. The van der Waals surface area contributed by atoms with Crippen LogP contribution in [-0.4, -0.2) is 55.6 Å². The number of carbonyl (C=O) groups excluding carboxylic acids is 2. The van der Waals surface area contributed by atoms with Crippen LogP contribution in [0.2, 0.25) is 52.4 Å². The smallest absolute Gasteiger partial charge is 0.337 e. The zero-order valence-corrected chi connectivity index (χ0v) is 27.6. The van der Waals surface area contributed by atoms with Gasteiger partial charge in [-0.3, -0.25) is 0 Å². The van der Waals surface area contributed by atoms with Crippen LogP contribution < -0.4 is 0 Å². The van der Waals surface area contributed by atoms with Crippen LogP contribution in [0.4, 0.5) is 0 Å². The van der Waals surface area contributed by atoms with Crippen LogP contribution >= 0.6 is 0 Å². The van der Waals surface area contributed by atoms with E-state index < -0.39 is 29.4 Å². The number of benzene rings is 2. The number of esters is 2. The Labute approximate surface area is 220 Å². The molecule has 0 saturated heterocycles. The minimum absolute atomic E-state index is 0.304. The summed E-state index contributed by atoms with van der Waals surface area (Å²) in [6.07, 6.45) is 4.53. The van der Waals surface area contributed by atoms with E-state index in [1.165, 1.54) is 14.2 Å². The summed E-state index contributed by atoms with van der Waals surface area (Å²) < 4.78 is 9.62. The quantitative estimate of drug-likeness (QED) is 0.244. The fourth-order valence-corrected chi connectivity index (χ4v) is 70.2. The van der Waals surface area contributed by atoms with Gasteiger partial charge in [0.2, 0.25) is 0 Å². The highest BCUT2D eigenvalue weighted by molar-refractivity contribution is 7.84. The Hall–Kier alpha value is -2.27. The maximum atomic E-state index is 11.7. The summed E-state index contributed by atoms with van der Waals surface area (Å²) >= 11 is 0. The largest absolute Gasteiger partial charge is 0.465 e. The van der Waals surface area contributed by atoms with Crippen molar-refractivity contribution in [3.05, 3.63) is 82.2 Å². The number of methoxy groups -OCH3 is 2. The van der Waals surface area contributed by atoms with Gasteiger partial charge in [0.05, 0.1) is 40.5 Å². The van der Waals surface area contributed by atoms with E-state index in [1.807, 2.05) is 48.5 Å². The predicted molar refractivity (Wildman–Crippen MR) is 164 cm³/mol. The normalized spacial score (nSPS) is 13.3. The fraction of sp³-hybridized carbons (Fsp3) is 0.357. The van der Waals surface area contributed by atoms with Gasteiger partial charge in [0.15, 0.2) is 0 Å². The number of hydrogen-bond acceptors (Lipinski definition) is 4. The summed E-state index contributed by atoms with van der Waals surface area (Å²) in [5, 5.41) is 0. The molecular formula is C28H42O4Si4. The van der Waals surface area contributed by atoms with Crippen molar-refractivity contribution in [3.63, 3.8) is 0 Å². The van der Waals surface area contributed by atoms with Gasteiger partial charge in [0, 0.05) is 14.2 Å². The summed E-state index contributed by atoms with van der Waals surface area (Å²) in [7, 11) is -3.67. The molecule has 2 aromatic carbocycles. The molecule has 0 heterocycles. The molecule has 0 saturated carbocycles. The van der Waals surface area contributed by atoms with Gasteiger partial charge in [-0.1, -0.05) is 100 Å². The fourth-order valence-electron chi connectivity index (χ4n) is 4.33. The third-order valence-corrected chi connectivity index (χ3v) is 75.2. The Kier molecular flexibility index (Phi) is 9.50. The highest BCUT2D eigenvalue weighted by Gasteiger charge is 2.57. The second-order valence-corrected chi connectivity index (χ2v) is 51.4. The molecular weight excluding hydrogens is 513 g/mol. The monoisotopic (exact) mass is 554 g/mol. The molecule has 0 atom stereocenters. The third-order valence-electron chi connectivity index (χ3n) is 8.83. The van der Waals surface area contributed by atoms with Gasteiger partial charge in [-0.2, -0.15) is 0 Å². The number of rotatable bonds is 9. The Balaban J connectivity index is 2.27. The van der Waals surface area contributed by atoms with Crippen molar-refractivity contribution in [2.24, 2.45) is 0 Å². The molecule has 0 aliphatic rings. The molecule has 0 amide bonds. The molecule has 0 aliphatic heterocycles. The lowest BCUT2D eigenvalue weighted by Gasteiger charge is -2.53. The second-order valence-electron chi connectivity index (χ2n) is 11.6. The molecule has 0 spiro atoms. The highest BCUT2D eigenvalue weighted by Crippen LogP contribution is 2.37. The van der Waals surface area contributed by atoms with Gasteiger partial charge in [0.25, 0.3) is 0 Å². The molecule has 0 N–H and O–H groups in total. The van der Waals surface area contributed by atoms with Crippen molar-refractivity contribution >= 4 is 53.5 Å². The van der Waals surface area contributed by atoms with Gasteiger partial charge in [0.1, 0.15) is 0 Å². The van der Waals surface area contributed by atoms with Crippen LogP contribution in [0.25, 0.3) is 12.2 Å². The molecule has 0 bridgehead atoms. The molecule has 0 fully saturated rings. The van der Waals surface area contributed by atoms with E-state index in [1.54, 1.807) is 0 Å². The molecule has 0 aromatic heterocycles. The van der Waals surface area contributed by atoms with Gasteiger partial charge in [-0.05, 0) is 35.4 Å². The molecule has 2 aromatic rings. The Morgan fingerprint density at radius 3 is 1.08 bits per heavy atom. The van der Waals surface area contributed by atoms with Crippen LogP contribution in [-0.2, 0) is 9.47 Å². The van der Waals surface area contributed by atoms with Gasteiger partial charge >= 0.3 is 11.9 Å². The molecule has 0 unspecified atom stereocenters. The molecule has 194 valence electrons. The maximum Gasteiger partial charge on any atom is 0.337 e. The molecule has 8 heteroatoms. The maximum absolute atomic E-state index is 11.7. The minimum atomic E-state index is -1.66. The van der Waals surface area contributed by atoms with Crippen LogP contribution in [0.1, 0.15) is 31.8 Å². The van der Waals surface area contributed by atoms with Gasteiger partial charge < -0.3 is 9.47 Å². The van der Waals surface area contributed by atoms with E-state index >= 15 is 0 Å². The van der Waals surface area contributed by atoms with E-state index in [0.717, 1.165) is 11.1 Å². The lowest BCUT2D eigenvalue weighted by molar-refractivity contribution is 0.0592. The van der Waals surface area contributed by atoms with Crippen LogP contribution in [0, 0.1) is 0 Å². The minimum Gasteiger partial charge on any atom is -0.465 e. The number of hydrogen-bond donors (Lipinski definition) is 0. The van der Waals surface area contributed by atoms with Crippen LogP contribution in [0.15, 0.2) is 59.9 Å². The van der Waals surface area contributed by atoms with Crippen molar-refractivity contribution in [1.82, 2.24) is 0 Å². The first-order chi connectivity index (χ1) is 16.6. The van der Waals surface area contributed by atoms with Gasteiger partial charge in [-0.25, -0.2) is 9.59 Å². The van der Waals surface area contributed by atoms with Crippen molar-refractivity contribution in [2.75, 3.05) is 14.2 Å². The average Bonchev–Trinajstić information content (AvgIpc) is 2.85. The molecule has 36 heavy (non-hydrogen) atoms. The van der Waals surface area contributed by atoms with Gasteiger partial charge in [-0.15, -0.1) is 0 Å². The second kappa shape index (κ2) is 11.4. The zero-order valence-electron chi connectivity index (χ0n) is 23.6. The zero-order chi connectivity index (χ0) is 27.4. The van der Waals surface area contributed by atoms with Crippen molar-refractivity contribution in [2.45, 2.75) is 52.4 Å². The Morgan fingerprint density at radius 2 is 0.833 bits per heavy atom. The first kappa shape index (κ1) is 30.0. The molecule has 2 rings (SSSR count). The molecule has 4 nitrogen and oxygen atoms in total. The topological polar surface area (TPSA) is 52.6 Å². The Bertz CT molecular complexity index is 1040. The molecule has 0 radical (unpaired) electrons.